The normalized spacial score (nSPS) is 24.7. The maximum Gasteiger partial charge on any atom is 0.314 e. The standard InChI is InChI=1S/C12H20N2O3/c1-3-16-12(15)9(2)11-7-14(8-13-11)6-10-4-5-17-10/h7,9-10,13H,3-6,8H2,1-2H3/t9?,10-/m0/s1. The summed E-state index contributed by atoms with van der Waals surface area (Å²) in [5.74, 6) is -0.393. The molecule has 0 saturated carbocycles. The van der Waals surface area contributed by atoms with Crippen LogP contribution in [0.5, 0.6) is 0 Å². The molecule has 0 spiro atoms. The Labute approximate surface area is 102 Å². The van der Waals surface area contributed by atoms with Crippen LogP contribution in [0.25, 0.3) is 0 Å². The molecular formula is C12H20N2O3. The third-order valence-corrected chi connectivity index (χ3v) is 3.15. The zero-order valence-corrected chi connectivity index (χ0v) is 10.4. The van der Waals surface area contributed by atoms with Crippen LogP contribution in [0.2, 0.25) is 0 Å². The molecule has 1 saturated heterocycles. The molecule has 5 nitrogen and oxygen atoms in total. The fourth-order valence-corrected chi connectivity index (χ4v) is 1.95. The Hall–Kier alpha value is -1.23. The average molecular weight is 240 g/mol. The smallest absolute Gasteiger partial charge is 0.314 e. The Balaban J connectivity index is 1.84. The average Bonchev–Trinajstić information content (AvgIpc) is 2.71. The van der Waals surface area contributed by atoms with Gasteiger partial charge in [-0.15, -0.1) is 0 Å². The molecule has 0 amide bonds. The van der Waals surface area contributed by atoms with Crippen molar-refractivity contribution in [1.29, 1.82) is 0 Å². The Morgan fingerprint density at radius 1 is 1.76 bits per heavy atom. The summed E-state index contributed by atoms with van der Waals surface area (Å²) in [5.41, 5.74) is 0.933. The molecule has 17 heavy (non-hydrogen) atoms. The van der Waals surface area contributed by atoms with Crippen LogP contribution in [-0.2, 0) is 14.3 Å². The second-order valence-electron chi connectivity index (χ2n) is 4.45. The molecule has 2 rings (SSSR count). The lowest BCUT2D eigenvalue weighted by Crippen LogP contribution is -2.38. The molecule has 2 heterocycles. The first-order valence-electron chi connectivity index (χ1n) is 6.18. The zero-order chi connectivity index (χ0) is 12.3. The summed E-state index contributed by atoms with van der Waals surface area (Å²) in [6.07, 6.45) is 3.49. The molecule has 5 heteroatoms. The maximum atomic E-state index is 11.6. The lowest BCUT2D eigenvalue weighted by molar-refractivity contribution is -0.146. The van der Waals surface area contributed by atoms with Gasteiger partial charge in [0.2, 0.25) is 0 Å². The van der Waals surface area contributed by atoms with Gasteiger partial charge >= 0.3 is 5.97 Å². The van der Waals surface area contributed by atoms with Crippen LogP contribution in [-0.4, -0.2) is 43.4 Å². The second-order valence-corrected chi connectivity index (χ2v) is 4.45. The SMILES string of the molecule is CCOC(=O)C(C)C1=CN(C[C@@H]2CCO2)CN1. The minimum atomic E-state index is -0.220. The first kappa shape index (κ1) is 12.2. The van der Waals surface area contributed by atoms with Gasteiger partial charge in [-0.05, 0) is 20.3 Å². The Bertz CT molecular complexity index is 313. The molecule has 96 valence electrons. The van der Waals surface area contributed by atoms with Crippen molar-refractivity contribution < 1.29 is 14.3 Å². The number of hydrogen-bond acceptors (Lipinski definition) is 5. The molecule has 1 unspecified atom stereocenters. The van der Waals surface area contributed by atoms with E-state index in [2.05, 4.69) is 10.2 Å². The maximum absolute atomic E-state index is 11.6. The van der Waals surface area contributed by atoms with E-state index in [1.165, 1.54) is 0 Å². The molecule has 2 aliphatic rings. The van der Waals surface area contributed by atoms with E-state index in [0.29, 0.717) is 12.7 Å². The van der Waals surface area contributed by atoms with Gasteiger partial charge in [0.15, 0.2) is 0 Å². The van der Waals surface area contributed by atoms with Crippen molar-refractivity contribution in [2.75, 3.05) is 26.4 Å². The number of carbonyl (C=O) groups excluding carboxylic acids is 1. The minimum Gasteiger partial charge on any atom is -0.465 e. The first-order valence-corrected chi connectivity index (χ1v) is 6.18. The van der Waals surface area contributed by atoms with Crippen LogP contribution < -0.4 is 5.32 Å². The van der Waals surface area contributed by atoms with Crippen LogP contribution in [0.15, 0.2) is 11.9 Å². The highest BCUT2D eigenvalue weighted by atomic mass is 16.5. The zero-order valence-electron chi connectivity index (χ0n) is 10.4. The molecule has 2 aliphatic heterocycles. The van der Waals surface area contributed by atoms with Crippen molar-refractivity contribution >= 4 is 5.97 Å². The third kappa shape index (κ3) is 2.91. The Morgan fingerprint density at radius 2 is 2.53 bits per heavy atom. The molecule has 2 atom stereocenters. The van der Waals surface area contributed by atoms with Crippen molar-refractivity contribution in [2.24, 2.45) is 5.92 Å². The van der Waals surface area contributed by atoms with Crippen LogP contribution in [0, 0.1) is 5.92 Å². The number of ether oxygens (including phenoxy) is 2. The molecule has 0 radical (unpaired) electrons. The van der Waals surface area contributed by atoms with Crippen LogP contribution >= 0.6 is 0 Å². The number of nitrogens with zero attached hydrogens (tertiary/aromatic N) is 1. The van der Waals surface area contributed by atoms with Gasteiger partial charge in [-0.25, -0.2) is 0 Å². The summed E-state index contributed by atoms with van der Waals surface area (Å²) < 4.78 is 10.4. The van der Waals surface area contributed by atoms with Crippen LogP contribution in [0.3, 0.4) is 0 Å². The van der Waals surface area contributed by atoms with Crippen molar-refractivity contribution in [1.82, 2.24) is 10.2 Å². The summed E-state index contributed by atoms with van der Waals surface area (Å²) >= 11 is 0. The van der Waals surface area contributed by atoms with Crippen LogP contribution in [0.1, 0.15) is 20.3 Å². The summed E-state index contributed by atoms with van der Waals surface area (Å²) in [7, 11) is 0. The predicted molar refractivity (Wildman–Crippen MR) is 62.9 cm³/mol. The monoisotopic (exact) mass is 240 g/mol. The van der Waals surface area contributed by atoms with Crippen LogP contribution in [0.4, 0.5) is 0 Å². The first-order chi connectivity index (χ1) is 8.20. The number of carbonyl (C=O) groups is 1. The number of esters is 1. The van der Waals surface area contributed by atoms with Gasteiger partial charge < -0.3 is 19.7 Å². The van der Waals surface area contributed by atoms with E-state index in [4.69, 9.17) is 9.47 Å². The largest absolute Gasteiger partial charge is 0.465 e. The van der Waals surface area contributed by atoms with Gasteiger partial charge in [0.05, 0.1) is 25.3 Å². The predicted octanol–water partition coefficient (Wildman–Crippen LogP) is 0.679. The summed E-state index contributed by atoms with van der Waals surface area (Å²) in [6.45, 7) is 6.63. The van der Waals surface area contributed by atoms with Gasteiger partial charge in [0, 0.05) is 25.0 Å². The summed E-state index contributed by atoms with van der Waals surface area (Å²) in [5, 5.41) is 3.23. The number of hydrogen-bond donors (Lipinski definition) is 1. The molecule has 0 bridgehead atoms. The summed E-state index contributed by atoms with van der Waals surface area (Å²) in [4.78, 5) is 13.7. The van der Waals surface area contributed by atoms with E-state index in [1.54, 1.807) is 0 Å². The lowest BCUT2D eigenvalue weighted by atomic mass is 10.1. The second kappa shape index (κ2) is 5.40. The molecule has 1 N–H and O–H groups in total. The van der Waals surface area contributed by atoms with E-state index in [1.807, 2.05) is 20.0 Å². The van der Waals surface area contributed by atoms with Crippen molar-refractivity contribution in [3.05, 3.63) is 11.9 Å². The fraction of sp³-hybridized carbons (Fsp3) is 0.750. The molecule has 0 aliphatic carbocycles. The topological polar surface area (TPSA) is 50.8 Å². The molecule has 0 aromatic rings. The molecular weight excluding hydrogens is 220 g/mol. The van der Waals surface area contributed by atoms with Gasteiger partial charge in [0.25, 0.3) is 0 Å². The highest BCUT2D eigenvalue weighted by Gasteiger charge is 2.26. The van der Waals surface area contributed by atoms with E-state index < -0.39 is 0 Å². The summed E-state index contributed by atoms with van der Waals surface area (Å²) in [6, 6.07) is 0. The quantitative estimate of drug-likeness (QED) is 0.716. The van der Waals surface area contributed by atoms with Gasteiger partial charge in [-0.3, -0.25) is 4.79 Å². The Morgan fingerprint density at radius 3 is 3.12 bits per heavy atom. The van der Waals surface area contributed by atoms with Gasteiger partial charge in [-0.1, -0.05) is 0 Å². The van der Waals surface area contributed by atoms with E-state index >= 15 is 0 Å². The molecule has 0 aromatic heterocycles. The lowest BCUT2D eigenvalue weighted by Gasteiger charge is -2.30. The number of rotatable bonds is 5. The Kier molecular flexibility index (Phi) is 3.89. The van der Waals surface area contributed by atoms with Gasteiger partial charge in [0.1, 0.15) is 0 Å². The molecule has 0 aromatic carbocycles. The van der Waals surface area contributed by atoms with E-state index in [9.17, 15) is 4.79 Å². The minimum absolute atomic E-state index is 0.173. The highest BCUT2D eigenvalue weighted by molar-refractivity contribution is 5.75. The van der Waals surface area contributed by atoms with Crippen molar-refractivity contribution in [2.45, 2.75) is 26.4 Å². The van der Waals surface area contributed by atoms with Gasteiger partial charge in [-0.2, -0.15) is 0 Å². The molecule has 1 fully saturated rings. The number of nitrogens with one attached hydrogen (secondary N) is 1. The third-order valence-electron chi connectivity index (χ3n) is 3.15. The van der Waals surface area contributed by atoms with Crippen molar-refractivity contribution in [3.8, 4) is 0 Å². The highest BCUT2D eigenvalue weighted by Crippen LogP contribution is 2.18. The van der Waals surface area contributed by atoms with E-state index in [-0.39, 0.29) is 11.9 Å². The van der Waals surface area contributed by atoms with Crippen molar-refractivity contribution in [3.63, 3.8) is 0 Å². The fourth-order valence-electron chi connectivity index (χ4n) is 1.95. The van der Waals surface area contributed by atoms with E-state index in [0.717, 1.165) is 31.9 Å².